The maximum atomic E-state index is 14.4. The van der Waals surface area contributed by atoms with Crippen LogP contribution in [0.2, 0.25) is 0 Å². The number of rotatable bonds is 5. The number of hydrogen-bond acceptors (Lipinski definition) is 3. The molecule has 0 aliphatic carbocycles. The Hall–Kier alpha value is -2.11. The van der Waals surface area contributed by atoms with Crippen molar-refractivity contribution in [3.8, 4) is 0 Å². The third-order valence-corrected chi connectivity index (χ3v) is 4.41. The van der Waals surface area contributed by atoms with Crippen molar-refractivity contribution in [2.24, 2.45) is 0 Å². The van der Waals surface area contributed by atoms with Gasteiger partial charge in [-0.05, 0) is 24.1 Å². The van der Waals surface area contributed by atoms with Gasteiger partial charge in [-0.15, -0.1) is 12.4 Å². The number of amides is 1. The molecule has 0 aromatic heterocycles. The highest BCUT2D eigenvalue weighted by Gasteiger charge is 2.34. The van der Waals surface area contributed by atoms with Crippen LogP contribution in [0.25, 0.3) is 0 Å². The lowest BCUT2D eigenvalue weighted by atomic mass is 10.0. The first-order valence-corrected chi connectivity index (χ1v) is 8.60. The number of piperidine rings is 1. The van der Waals surface area contributed by atoms with E-state index in [-0.39, 0.29) is 25.6 Å². The molecule has 0 spiro atoms. The minimum absolute atomic E-state index is 0. The Bertz CT molecular complexity index is 672. The molecule has 2 atom stereocenters. The van der Waals surface area contributed by atoms with E-state index in [1.807, 2.05) is 60.7 Å². The number of carbonyl (C=O) groups is 1. The fourth-order valence-electron chi connectivity index (χ4n) is 3.06. The van der Waals surface area contributed by atoms with Crippen LogP contribution in [0.1, 0.15) is 17.5 Å². The van der Waals surface area contributed by atoms with Crippen LogP contribution < -0.4 is 5.32 Å². The Morgan fingerprint density at radius 1 is 1.08 bits per heavy atom. The molecule has 1 N–H and O–H groups in total. The lowest BCUT2D eigenvalue weighted by Crippen LogP contribution is -2.52. The molecule has 3 rings (SSSR count). The number of ether oxygens (including phenoxy) is 1. The smallest absolute Gasteiger partial charge is 0.410 e. The molecular formula is C20H24ClFN2O2. The molecular weight excluding hydrogens is 355 g/mol. The zero-order chi connectivity index (χ0) is 17.5. The van der Waals surface area contributed by atoms with Crippen LogP contribution in [-0.4, -0.2) is 36.3 Å². The minimum Gasteiger partial charge on any atom is -0.445 e. The second-order valence-corrected chi connectivity index (χ2v) is 6.23. The number of hydrogen-bond donors (Lipinski definition) is 1. The maximum absolute atomic E-state index is 14.4. The molecule has 0 bridgehead atoms. The quantitative estimate of drug-likeness (QED) is 0.856. The van der Waals surface area contributed by atoms with Gasteiger partial charge in [0.1, 0.15) is 12.8 Å². The van der Waals surface area contributed by atoms with Crippen LogP contribution in [0.3, 0.4) is 0 Å². The molecule has 1 amide bonds. The second kappa shape index (κ2) is 10.1. The number of halogens is 2. The molecule has 4 nitrogen and oxygen atoms in total. The summed E-state index contributed by atoms with van der Waals surface area (Å²) in [5, 5.41) is 3.03. The molecule has 0 radical (unpaired) electrons. The maximum Gasteiger partial charge on any atom is 0.410 e. The van der Waals surface area contributed by atoms with E-state index in [0.717, 1.165) is 11.1 Å². The van der Waals surface area contributed by atoms with Gasteiger partial charge in [-0.1, -0.05) is 60.7 Å². The normalized spacial score (nSPS) is 19.3. The van der Waals surface area contributed by atoms with Crippen LogP contribution in [-0.2, 0) is 17.9 Å². The van der Waals surface area contributed by atoms with E-state index in [4.69, 9.17) is 4.74 Å². The zero-order valence-electron chi connectivity index (χ0n) is 14.5. The minimum atomic E-state index is -1.10. The summed E-state index contributed by atoms with van der Waals surface area (Å²) in [6.45, 7) is 1.50. The van der Waals surface area contributed by atoms with Gasteiger partial charge in [0.2, 0.25) is 0 Å². The van der Waals surface area contributed by atoms with Crippen molar-refractivity contribution in [1.82, 2.24) is 10.2 Å². The van der Waals surface area contributed by atoms with Gasteiger partial charge >= 0.3 is 6.09 Å². The van der Waals surface area contributed by atoms with Crippen molar-refractivity contribution < 1.29 is 13.9 Å². The van der Waals surface area contributed by atoms with Crippen molar-refractivity contribution in [2.75, 3.05) is 13.1 Å². The summed E-state index contributed by atoms with van der Waals surface area (Å²) in [5.41, 5.74) is 1.88. The molecule has 6 heteroatoms. The fourth-order valence-corrected chi connectivity index (χ4v) is 3.06. The van der Waals surface area contributed by atoms with Gasteiger partial charge in [0, 0.05) is 13.1 Å². The van der Waals surface area contributed by atoms with Crippen LogP contribution in [0.4, 0.5) is 9.18 Å². The first-order chi connectivity index (χ1) is 12.2. The Kier molecular flexibility index (Phi) is 7.88. The molecule has 26 heavy (non-hydrogen) atoms. The van der Waals surface area contributed by atoms with Gasteiger partial charge in [-0.25, -0.2) is 9.18 Å². The summed E-state index contributed by atoms with van der Waals surface area (Å²) in [6, 6.07) is 18.7. The van der Waals surface area contributed by atoms with Crippen molar-refractivity contribution in [2.45, 2.75) is 31.8 Å². The number of benzene rings is 2. The van der Waals surface area contributed by atoms with E-state index in [0.29, 0.717) is 19.5 Å². The Labute approximate surface area is 159 Å². The SMILES string of the molecule is Cl.O=C(OCc1ccccc1)N(Cc1ccccc1)[C@H]1CCNC[C@H]1F. The summed E-state index contributed by atoms with van der Waals surface area (Å²) in [4.78, 5) is 14.2. The van der Waals surface area contributed by atoms with Gasteiger partial charge in [-0.3, -0.25) is 4.90 Å². The van der Waals surface area contributed by atoms with Gasteiger partial charge in [0.25, 0.3) is 0 Å². The molecule has 1 fully saturated rings. The Balaban J connectivity index is 0.00000243. The van der Waals surface area contributed by atoms with E-state index in [1.54, 1.807) is 0 Å². The number of carbonyl (C=O) groups excluding carboxylic acids is 1. The summed E-state index contributed by atoms with van der Waals surface area (Å²) in [6.07, 6.45) is -0.988. The molecule has 2 aromatic rings. The third-order valence-electron chi connectivity index (χ3n) is 4.41. The summed E-state index contributed by atoms with van der Waals surface area (Å²) in [7, 11) is 0. The topological polar surface area (TPSA) is 41.6 Å². The summed E-state index contributed by atoms with van der Waals surface area (Å²) < 4.78 is 19.9. The van der Waals surface area contributed by atoms with Crippen molar-refractivity contribution in [3.63, 3.8) is 0 Å². The van der Waals surface area contributed by atoms with Crippen LogP contribution in [0.15, 0.2) is 60.7 Å². The fraction of sp³-hybridized carbons (Fsp3) is 0.350. The molecule has 0 unspecified atom stereocenters. The second-order valence-electron chi connectivity index (χ2n) is 6.23. The lowest BCUT2D eigenvalue weighted by molar-refractivity contribution is 0.0442. The van der Waals surface area contributed by atoms with Crippen LogP contribution in [0, 0.1) is 0 Å². The number of nitrogens with one attached hydrogen (secondary N) is 1. The van der Waals surface area contributed by atoms with Crippen LogP contribution in [0.5, 0.6) is 0 Å². The highest BCUT2D eigenvalue weighted by molar-refractivity contribution is 5.85. The number of alkyl halides is 1. The molecule has 0 saturated carbocycles. The van der Waals surface area contributed by atoms with Gasteiger partial charge in [-0.2, -0.15) is 0 Å². The van der Waals surface area contributed by atoms with E-state index in [1.165, 1.54) is 4.90 Å². The Morgan fingerprint density at radius 2 is 1.69 bits per heavy atom. The van der Waals surface area contributed by atoms with Crippen LogP contribution >= 0.6 is 12.4 Å². The molecule has 140 valence electrons. The molecule has 2 aromatic carbocycles. The third kappa shape index (κ3) is 5.44. The van der Waals surface area contributed by atoms with E-state index >= 15 is 0 Å². The van der Waals surface area contributed by atoms with Gasteiger partial charge < -0.3 is 10.1 Å². The lowest BCUT2D eigenvalue weighted by Gasteiger charge is -2.36. The highest BCUT2D eigenvalue weighted by atomic mass is 35.5. The zero-order valence-corrected chi connectivity index (χ0v) is 15.3. The predicted octanol–water partition coefficient (Wildman–Crippen LogP) is 3.95. The average Bonchev–Trinajstić information content (AvgIpc) is 2.66. The predicted molar refractivity (Wildman–Crippen MR) is 102 cm³/mol. The summed E-state index contributed by atoms with van der Waals surface area (Å²) >= 11 is 0. The molecule has 1 aliphatic heterocycles. The average molecular weight is 379 g/mol. The molecule has 1 heterocycles. The van der Waals surface area contributed by atoms with E-state index in [2.05, 4.69) is 5.32 Å². The summed E-state index contributed by atoms with van der Waals surface area (Å²) in [5.74, 6) is 0. The van der Waals surface area contributed by atoms with Crippen molar-refractivity contribution in [3.05, 3.63) is 71.8 Å². The van der Waals surface area contributed by atoms with Gasteiger partial charge in [0.15, 0.2) is 0 Å². The highest BCUT2D eigenvalue weighted by Crippen LogP contribution is 2.20. The first-order valence-electron chi connectivity index (χ1n) is 8.60. The van der Waals surface area contributed by atoms with E-state index in [9.17, 15) is 9.18 Å². The van der Waals surface area contributed by atoms with E-state index < -0.39 is 18.3 Å². The monoisotopic (exact) mass is 378 g/mol. The van der Waals surface area contributed by atoms with Crippen molar-refractivity contribution >= 4 is 18.5 Å². The number of nitrogens with zero attached hydrogens (tertiary/aromatic N) is 1. The largest absolute Gasteiger partial charge is 0.445 e. The Morgan fingerprint density at radius 3 is 2.31 bits per heavy atom. The first kappa shape index (κ1) is 20.2. The molecule has 1 aliphatic rings. The van der Waals surface area contributed by atoms with Gasteiger partial charge in [0.05, 0.1) is 6.04 Å². The molecule has 1 saturated heterocycles. The standard InChI is InChI=1S/C20H23FN2O2.ClH/c21-18-13-22-12-11-19(18)23(14-16-7-3-1-4-8-16)20(24)25-15-17-9-5-2-6-10-17;/h1-10,18-19,22H,11-15H2;1H/t18-,19+;/m1./s1. The van der Waals surface area contributed by atoms with Crippen molar-refractivity contribution in [1.29, 1.82) is 0 Å².